The van der Waals surface area contributed by atoms with E-state index in [2.05, 4.69) is 21.4 Å². The maximum atomic E-state index is 5.09. The summed E-state index contributed by atoms with van der Waals surface area (Å²) < 4.78 is 5.09. The molecule has 2 aromatic rings. The fraction of sp³-hybridized carbons (Fsp3) is 0.231. The molecule has 1 heterocycles. The lowest BCUT2D eigenvalue weighted by Gasteiger charge is -2.07. The monoisotopic (exact) mass is 229 g/mol. The normalized spacial score (nSPS) is 10.2. The molecule has 0 unspecified atom stereocenters. The van der Waals surface area contributed by atoms with Crippen molar-refractivity contribution in [1.29, 1.82) is 0 Å². The van der Waals surface area contributed by atoms with E-state index in [1.54, 1.807) is 19.5 Å². The van der Waals surface area contributed by atoms with E-state index in [9.17, 15) is 0 Å². The Morgan fingerprint density at radius 3 is 2.76 bits per heavy atom. The first-order valence-electron chi connectivity index (χ1n) is 5.46. The van der Waals surface area contributed by atoms with Gasteiger partial charge in [0.2, 0.25) is 0 Å². The number of hydrogen-bond acceptors (Lipinski definition) is 4. The third kappa shape index (κ3) is 3.53. The molecule has 0 saturated carbocycles. The van der Waals surface area contributed by atoms with Crippen LogP contribution in [0.3, 0.4) is 0 Å². The summed E-state index contributed by atoms with van der Waals surface area (Å²) >= 11 is 0. The zero-order valence-electron chi connectivity index (χ0n) is 9.76. The third-order valence-electron chi connectivity index (χ3n) is 2.31. The summed E-state index contributed by atoms with van der Waals surface area (Å²) in [6.45, 7) is 1.24. The molecule has 0 atom stereocenters. The van der Waals surface area contributed by atoms with Crippen molar-refractivity contribution in [3.05, 3.63) is 54.1 Å². The fourth-order valence-electron chi connectivity index (χ4n) is 1.54. The molecule has 0 aliphatic rings. The van der Waals surface area contributed by atoms with Crippen molar-refractivity contribution in [3.63, 3.8) is 0 Å². The van der Waals surface area contributed by atoms with Crippen LogP contribution in [0, 0.1) is 0 Å². The van der Waals surface area contributed by atoms with Gasteiger partial charge in [-0.1, -0.05) is 12.1 Å². The number of benzene rings is 1. The van der Waals surface area contributed by atoms with Crippen molar-refractivity contribution in [1.82, 2.24) is 9.97 Å². The van der Waals surface area contributed by atoms with Crippen molar-refractivity contribution in [3.8, 4) is 0 Å². The highest BCUT2D eigenvalue weighted by Gasteiger charge is 1.97. The highest BCUT2D eigenvalue weighted by molar-refractivity contribution is 5.45. The van der Waals surface area contributed by atoms with Crippen LogP contribution in [-0.4, -0.2) is 17.1 Å². The van der Waals surface area contributed by atoms with E-state index in [4.69, 9.17) is 4.74 Å². The number of hydrogen-bond donors (Lipinski definition) is 1. The summed E-state index contributed by atoms with van der Waals surface area (Å²) in [6, 6.07) is 9.92. The van der Waals surface area contributed by atoms with Gasteiger partial charge in [-0.3, -0.25) is 0 Å². The molecule has 0 bridgehead atoms. The van der Waals surface area contributed by atoms with Gasteiger partial charge in [-0.05, 0) is 23.8 Å². The van der Waals surface area contributed by atoms with Crippen molar-refractivity contribution >= 4 is 5.69 Å². The predicted octanol–water partition coefficient (Wildman–Crippen LogP) is 2.24. The average molecular weight is 229 g/mol. The minimum absolute atomic E-state index is 0.622. The fourth-order valence-corrected chi connectivity index (χ4v) is 1.54. The van der Waals surface area contributed by atoms with E-state index in [1.807, 2.05) is 24.3 Å². The molecule has 1 aromatic heterocycles. The lowest BCUT2D eigenvalue weighted by Crippen LogP contribution is -2.03. The first-order valence-corrected chi connectivity index (χ1v) is 5.46. The largest absolute Gasteiger partial charge is 0.380 e. The van der Waals surface area contributed by atoms with Gasteiger partial charge in [0.05, 0.1) is 13.2 Å². The zero-order valence-corrected chi connectivity index (χ0v) is 9.76. The van der Waals surface area contributed by atoms with Crippen LogP contribution in [0.1, 0.15) is 11.4 Å². The van der Waals surface area contributed by atoms with E-state index in [0.29, 0.717) is 13.2 Å². The van der Waals surface area contributed by atoms with Gasteiger partial charge in [0.25, 0.3) is 0 Å². The Kier molecular flexibility index (Phi) is 4.05. The van der Waals surface area contributed by atoms with Gasteiger partial charge < -0.3 is 10.1 Å². The quantitative estimate of drug-likeness (QED) is 0.854. The van der Waals surface area contributed by atoms with Gasteiger partial charge in [0, 0.05) is 25.2 Å². The Hall–Kier alpha value is -1.94. The minimum atomic E-state index is 0.622. The van der Waals surface area contributed by atoms with Crippen LogP contribution in [0.4, 0.5) is 5.69 Å². The highest BCUT2D eigenvalue weighted by Crippen LogP contribution is 2.11. The summed E-state index contributed by atoms with van der Waals surface area (Å²) in [4.78, 5) is 8.31. The molecule has 88 valence electrons. The maximum Gasteiger partial charge on any atom is 0.147 e. The second kappa shape index (κ2) is 5.96. The molecule has 17 heavy (non-hydrogen) atoms. The van der Waals surface area contributed by atoms with E-state index in [-0.39, 0.29) is 0 Å². The zero-order chi connectivity index (χ0) is 11.9. The number of rotatable bonds is 5. The van der Waals surface area contributed by atoms with Crippen molar-refractivity contribution in [2.75, 3.05) is 12.4 Å². The van der Waals surface area contributed by atoms with Gasteiger partial charge in [-0.15, -0.1) is 0 Å². The van der Waals surface area contributed by atoms with Gasteiger partial charge in [0.15, 0.2) is 0 Å². The maximum absolute atomic E-state index is 5.09. The van der Waals surface area contributed by atoms with E-state index >= 15 is 0 Å². The lowest BCUT2D eigenvalue weighted by molar-refractivity contribution is 0.185. The predicted molar refractivity (Wildman–Crippen MR) is 66.5 cm³/mol. The molecule has 0 aliphatic carbocycles. The van der Waals surface area contributed by atoms with Crippen LogP contribution in [-0.2, 0) is 17.9 Å². The van der Waals surface area contributed by atoms with Crippen molar-refractivity contribution < 1.29 is 4.74 Å². The number of anilines is 1. The molecule has 0 aliphatic heterocycles. The molecule has 2 rings (SSSR count). The Labute approximate surface area is 101 Å². The minimum Gasteiger partial charge on any atom is -0.380 e. The second-order valence-electron chi connectivity index (χ2n) is 3.65. The second-order valence-corrected chi connectivity index (χ2v) is 3.65. The molecular formula is C13H15N3O. The van der Waals surface area contributed by atoms with Gasteiger partial charge in [0.1, 0.15) is 5.82 Å². The Morgan fingerprint density at radius 2 is 2.00 bits per heavy atom. The number of aromatic nitrogens is 2. The lowest BCUT2D eigenvalue weighted by atomic mass is 10.2. The summed E-state index contributed by atoms with van der Waals surface area (Å²) in [7, 11) is 1.69. The SMILES string of the molecule is COCc1cccc(NCc2ncccn2)c1. The topological polar surface area (TPSA) is 47.0 Å². The van der Waals surface area contributed by atoms with E-state index in [0.717, 1.165) is 17.1 Å². The van der Waals surface area contributed by atoms with Crippen LogP contribution in [0.2, 0.25) is 0 Å². The summed E-state index contributed by atoms with van der Waals surface area (Å²) in [5.74, 6) is 0.782. The number of methoxy groups -OCH3 is 1. The molecule has 0 saturated heterocycles. The third-order valence-corrected chi connectivity index (χ3v) is 2.31. The Balaban J connectivity index is 1.97. The first-order chi connectivity index (χ1) is 8.38. The standard InChI is InChI=1S/C13H15N3O/c1-17-10-11-4-2-5-12(8-11)16-9-13-14-6-3-7-15-13/h2-8,16H,9-10H2,1H3. The molecule has 1 N–H and O–H groups in total. The van der Waals surface area contributed by atoms with Crippen LogP contribution in [0.5, 0.6) is 0 Å². The summed E-state index contributed by atoms with van der Waals surface area (Å²) in [5.41, 5.74) is 2.19. The molecule has 1 aromatic carbocycles. The van der Waals surface area contributed by atoms with Gasteiger partial charge in [-0.25, -0.2) is 9.97 Å². The summed E-state index contributed by atoms with van der Waals surface area (Å²) in [6.07, 6.45) is 3.48. The summed E-state index contributed by atoms with van der Waals surface area (Å²) in [5, 5.41) is 3.28. The molecule has 4 nitrogen and oxygen atoms in total. The van der Waals surface area contributed by atoms with Gasteiger partial charge >= 0.3 is 0 Å². The first kappa shape index (κ1) is 11.5. The molecule has 0 fully saturated rings. The molecule has 4 heteroatoms. The smallest absolute Gasteiger partial charge is 0.147 e. The van der Waals surface area contributed by atoms with Crippen LogP contribution in [0.25, 0.3) is 0 Å². The number of nitrogens with one attached hydrogen (secondary N) is 1. The average Bonchev–Trinajstić information content (AvgIpc) is 2.39. The molecule has 0 radical (unpaired) electrons. The van der Waals surface area contributed by atoms with E-state index < -0.39 is 0 Å². The number of ether oxygens (including phenoxy) is 1. The van der Waals surface area contributed by atoms with Crippen molar-refractivity contribution in [2.45, 2.75) is 13.2 Å². The van der Waals surface area contributed by atoms with Crippen LogP contribution in [0.15, 0.2) is 42.7 Å². The van der Waals surface area contributed by atoms with Crippen LogP contribution >= 0.6 is 0 Å². The highest BCUT2D eigenvalue weighted by atomic mass is 16.5. The molecular weight excluding hydrogens is 214 g/mol. The Bertz CT molecular complexity index is 459. The van der Waals surface area contributed by atoms with Crippen molar-refractivity contribution in [2.24, 2.45) is 0 Å². The number of nitrogens with zero attached hydrogens (tertiary/aromatic N) is 2. The Morgan fingerprint density at radius 1 is 1.18 bits per heavy atom. The molecule has 0 spiro atoms. The van der Waals surface area contributed by atoms with E-state index in [1.165, 1.54) is 0 Å². The van der Waals surface area contributed by atoms with Crippen LogP contribution < -0.4 is 5.32 Å². The molecule has 0 amide bonds. The van der Waals surface area contributed by atoms with Gasteiger partial charge in [-0.2, -0.15) is 0 Å².